The van der Waals surface area contributed by atoms with Crippen LogP contribution in [0.1, 0.15) is 16.9 Å². The molecule has 3 amide bonds. The van der Waals surface area contributed by atoms with E-state index in [1.807, 2.05) is 0 Å². The standard InChI is InChI=1S/C20H17ClF6N4O4S/c1-35-16(33)30-5-4-17(8-30)9-31(12-3-2-10(21)6-11(12)17)15(32)29-14-28-7-13(36-14)18(34,19(22,23)24)20(25,26)27/h2-3,6-7,34H,4-5,8-9H2,1H3,(H,28,29,32). The van der Waals surface area contributed by atoms with Gasteiger partial charge in [-0.3, -0.25) is 10.2 Å². The van der Waals surface area contributed by atoms with Gasteiger partial charge in [0.2, 0.25) is 0 Å². The number of nitrogens with zero attached hydrogens (tertiary/aromatic N) is 3. The fourth-order valence-electron chi connectivity index (χ4n) is 4.43. The van der Waals surface area contributed by atoms with Gasteiger partial charge in [0.1, 0.15) is 0 Å². The second-order valence-corrected chi connectivity index (χ2v) is 9.80. The largest absolute Gasteiger partial charge is 0.453 e. The number of hydrogen-bond donors (Lipinski definition) is 2. The van der Waals surface area contributed by atoms with E-state index in [0.717, 1.165) is 0 Å². The van der Waals surface area contributed by atoms with E-state index in [-0.39, 0.29) is 30.6 Å². The predicted octanol–water partition coefficient (Wildman–Crippen LogP) is 4.87. The average molecular weight is 559 g/mol. The predicted molar refractivity (Wildman–Crippen MR) is 116 cm³/mol. The molecule has 0 bridgehead atoms. The van der Waals surface area contributed by atoms with Crippen LogP contribution in [0, 0.1) is 0 Å². The number of thiazole rings is 1. The van der Waals surface area contributed by atoms with E-state index in [4.69, 9.17) is 16.3 Å². The van der Waals surface area contributed by atoms with Crippen LogP contribution >= 0.6 is 22.9 Å². The number of methoxy groups -OCH3 is 1. The van der Waals surface area contributed by atoms with E-state index in [1.165, 1.54) is 23.0 Å². The Morgan fingerprint density at radius 2 is 1.86 bits per heavy atom. The second kappa shape index (κ2) is 8.66. The third-order valence-corrected chi connectivity index (χ3v) is 7.47. The Morgan fingerprint density at radius 1 is 1.19 bits per heavy atom. The minimum absolute atomic E-state index is 0.0509. The number of ether oxygens (including phenoxy) is 1. The number of alkyl halides is 6. The second-order valence-electron chi connectivity index (χ2n) is 8.34. The summed E-state index contributed by atoms with van der Waals surface area (Å²) in [6.45, 7) is 0.578. The third kappa shape index (κ3) is 4.12. The molecule has 2 aromatic rings. The van der Waals surface area contributed by atoms with Crippen molar-refractivity contribution in [3.8, 4) is 0 Å². The van der Waals surface area contributed by atoms with Crippen LogP contribution in [-0.2, 0) is 15.8 Å². The Bertz CT molecular complexity index is 1190. The first kappa shape index (κ1) is 26.3. The number of carbonyl (C=O) groups excluding carboxylic acids is 2. The lowest BCUT2D eigenvalue weighted by Gasteiger charge is -2.30. The van der Waals surface area contributed by atoms with E-state index in [1.54, 1.807) is 12.1 Å². The zero-order valence-corrected chi connectivity index (χ0v) is 19.8. The van der Waals surface area contributed by atoms with Crippen LogP contribution in [0.15, 0.2) is 24.4 Å². The highest BCUT2D eigenvalue weighted by Crippen LogP contribution is 2.52. The highest BCUT2D eigenvalue weighted by atomic mass is 35.5. The minimum atomic E-state index is -6.08. The molecule has 1 fully saturated rings. The Kier molecular flexibility index (Phi) is 6.32. The van der Waals surface area contributed by atoms with Crippen molar-refractivity contribution in [3.63, 3.8) is 0 Å². The number of nitrogens with one attached hydrogen (secondary N) is 1. The number of hydrogen-bond acceptors (Lipinski definition) is 6. The summed E-state index contributed by atoms with van der Waals surface area (Å²) in [7, 11) is 1.23. The van der Waals surface area contributed by atoms with Crippen LogP contribution in [0.2, 0.25) is 5.02 Å². The van der Waals surface area contributed by atoms with E-state index >= 15 is 0 Å². The molecule has 1 unspecified atom stereocenters. The lowest BCUT2D eigenvalue weighted by molar-refractivity contribution is -0.375. The Labute approximate surface area is 208 Å². The van der Waals surface area contributed by atoms with Crippen LogP contribution in [-0.4, -0.2) is 66.2 Å². The lowest BCUT2D eigenvalue weighted by Crippen LogP contribution is -2.53. The van der Waals surface area contributed by atoms with Crippen molar-refractivity contribution in [1.82, 2.24) is 9.88 Å². The number of benzene rings is 1. The third-order valence-electron chi connectivity index (χ3n) is 6.21. The quantitative estimate of drug-likeness (QED) is 0.513. The number of fused-ring (bicyclic) bond motifs is 2. The molecule has 196 valence electrons. The zero-order valence-electron chi connectivity index (χ0n) is 18.2. The molecule has 2 N–H and O–H groups in total. The fourth-order valence-corrected chi connectivity index (χ4v) is 5.54. The van der Waals surface area contributed by atoms with E-state index < -0.39 is 45.5 Å². The van der Waals surface area contributed by atoms with Gasteiger partial charge in [-0.2, -0.15) is 26.3 Å². The number of aliphatic hydroxyl groups is 1. The summed E-state index contributed by atoms with van der Waals surface area (Å²) in [6, 6.07) is 3.82. The molecule has 36 heavy (non-hydrogen) atoms. The van der Waals surface area contributed by atoms with Gasteiger partial charge in [0.15, 0.2) is 5.13 Å². The van der Waals surface area contributed by atoms with Crippen molar-refractivity contribution in [2.75, 3.05) is 37.0 Å². The summed E-state index contributed by atoms with van der Waals surface area (Å²) in [4.78, 5) is 29.7. The van der Waals surface area contributed by atoms with E-state index in [0.29, 0.717) is 29.2 Å². The fraction of sp³-hybridized carbons (Fsp3) is 0.450. The van der Waals surface area contributed by atoms with E-state index in [9.17, 15) is 41.0 Å². The number of amides is 3. The molecule has 1 saturated heterocycles. The van der Waals surface area contributed by atoms with Crippen molar-refractivity contribution in [2.45, 2.75) is 29.8 Å². The number of halogens is 7. The molecular formula is C20H17ClF6N4O4S. The minimum Gasteiger partial charge on any atom is -0.453 e. The summed E-state index contributed by atoms with van der Waals surface area (Å²) >= 11 is 5.99. The van der Waals surface area contributed by atoms with Crippen LogP contribution in [0.4, 0.5) is 46.8 Å². The van der Waals surface area contributed by atoms with Crippen molar-refractivity contribution in [1.29, 1.82) is 0 Å². The van der Waals surface area contributed by atoms with Gasteiger partial charge in [-0.1, -0.05) is 22.9 Å². The first-order valence-electron chi connectivity index (χ1n) is 10.2. The van der Waals surface area contributed by atoms with Crippen molar-refractivity contribution in [2.24, 2.45) is 0 Å². The van der Waals surface area contributed by atoms with Gasteiger partial charge in [-0.05, 0) is 30.2 Å². The summed E-state index contributed by atoms with van der Waals surface area (Å²) < 4.78 is 83.7. The van der Waals surface area contributed by atoms with Crippen LogP contribution < -0.4 is 10.2 Å². The maximum Gasteiger partial charge on any atom is 0.431 e. The molecule has 0 radical (unpaired) electrons. The molecule has 2 aliphatic rings. The monoisotopic (exact) mass is 558 g/mol. The Hall–Kier alpha value is -2.78. The number of rotatable bonds is 2. The van der Waals surface area contributed by atoms with Gasteiger partial charge in [0, 0.05) is 42.0 Å². The topological polar surface area (TPSA) is 95.0 Å². The van der Waals surface area contributed by atoms with E-state index in [2.05, 4.69) is 10.3 Å². The van der Waals surface area contributed by atoms with Gasteiger partial charge in [0.25, 0.3) is 5.60 Å². The summed E-state index contributed by atoms with van der Waals surface area (Å²) in [5.41, 5.74) is -4.81. The molecule has 1 aromatic heterocycles. The molecule has 3 heterocycles. The maximum atomic E-state index is 13.2. The molecule has 1 aromatic carbocycles. The first-order valence-corrected chi connectivity index (χ1v) is 11.4. The number of carbonyl (C=O) groups is 2. The number of anilines is 2. The van der Waals surface area contributed by atoms with Crippen molar-refractivity contribution >= 4 is 45.9 Å². The molecular weight excluding hydrogens is 542 g/mol. The summed E-state index contributed by atoms with van der Waals surface area (Å²) in [6.07, 6.45) is -12.1. The van der Waals surface area contributed by atoms with Gasteiger partial charge in [-0.25, -0.2) is 14.6 Å². The van der Waals surface area contributed by atoms with Crippen LogP contribution in [0.3, 0.4) is 0 Å². The summed E-state index contributed by atoms with van der Waals surface area (Å²) in [5.74, 6) is 0. The van der Waals surface area contributed by atoms with Gasteiger partial charge in [-0.15, -0.1) is 0 Å². The highest BCUT2D eigenvalue weighted by molar-refractivity contribution is 7.15. The maximum absolute atomic E-state index is 13.2. The summed E-state index contributed by atoms with van der Waals surface area (Å²) in [5, 5.41) is 11.5. The highest BCUT2D eigenvalue weighted by Gasteiger charge is 2.72. The van der Waals surface area contributed by atoms with Gasteiger partial charge >= 0.3 is 24.5 Å². The molecule has 16 heteroatoms. The number of urea groups is 1. The number of likely N-dealkylation sites (tertiary alicyclic amines) is 1. The van der Waals surface area contributed by atoms with Crippen molar-refractivity contribution < 1.29 is 45.8 Å². The SMILES string of the molecule is COC(=O)N1CCC2(C1)CN(C(=O)Nc1ncc(C(O)(C(F)(F)F)C(F)(F)F)s1)c1ccc(Cl)cc12. The molecule has 2 aliphatic heterocycles. The molecule has 0 saturated carbocycles. The molecule has 4 rings (SSSR count). The first-order chi connectivity index (χ1) is 16.6. The Balaban J connectivity index is 1.61. The molecule has 1 atom stereocenters. The smallest absolute Gasteiger partial charge is 0.431 e. The van der Waals surface area contributed by atoms with Crippen molar-refractivity contribution in [3.05, 3.63) is 39.9 Å². The molecule has 1 spiro atoms. The molecule has 8 nitrogen and oxygen atoms in total. The average Bonchev–Trinajstić information content (AvgIpc) is 3.50. The molecule has 0 aliphatic carbocycles. The lowest BCUT2D eigenvalue weighted by atomic mass is 9.81. The number of aromatic nitrogens is 1. The Morgan fingerprint density at radius 3 is 2.47 bits per heavy atom. The zero-order chi connectivity index (χ0) is 26.7. The van der Waals surface area contributed by atoms with Gasteiger partial charge in [0.05, 0.1) is 12.0 Å². The van der Waals surface area contributed by atoms with Crippen LogP contribution in [0.5, 0.6) is 0 Å². The van der Waals surface area contributed by atoms with Crippen LogP contribution in [0.25, 0.3) is 0 Å². The normalized spacial score (nSPS) is 20.1. The van der Waals surface area contributed by atoms with Gasteiger partial charge < -0.3 is 14.7 Å².